The molecule has 11 rings (SSSR count). The summed E-state index contributed by atoms with van der Waals surface area (Å²) in [5.41, 5.74) is 12.5. The number of hydrogen-bond acceptors (Lipinski definition) is 3. The van der Waals surface area contributed by atoms with Crippen LogP contribution >= 0.6 is 0 Å². The van der Waals surface area contributed by atoms with E-state index in [1.165, 1.54) is 33.0 Å². The molecular weight excluding hydrogens is 599 g/mol. The molecule has 0 amide bonds. The first-order chi connectivity index (χ1) is 24.1. The van der Waals surface area contributed by atoms with Crippen molar-refractivity contribution in [1.82, 2.24) is 14.5 Å². The molecule has 3 aromatic heterocycles. The number of furan rings is 1. The minimum atomic E-state index is -0.140. The summed E-state index contributed by atoms with van der Waals surface area (Å²) in [6.07, 6.45) is 0. The van der Waals surface area contributed by atoms with Gasteiger partial charge in [0.15, 0.2) is 11.4 Å². The number of fused-ring (bicyclic) bond motifs is 14. The predicted molar refractivity (Wildman–Crippen MR) is 202 cm³/mol. The fraction of sp³-hybridized carbons (Fsp3) is 0.0667. The van der Waals surface area contributed by atoms with Gasteiger partial charge in [-0.05, 0) is 63.4 Å². The lowest BCUT2D eigenvalue weighted by molar-refractivity contribution is 0.660. The maximum Gasteiger partial charge on any atom is 0.165 e. The average molecular weight is 628 g/mol. The monoisotopic (exact) mass is 627 g/mol. The lowest BCUT2D eigenvalue weighted by atomic mass is 9.82. The highest BCUT2D eigenvalue weighted by atomic mass is 16.3. The zero-order valence-corrected chi connectivity index (χ0v) is 27.0. The topological polar surface area (TPSA) is 43.9 Å². The Hall–Kier alpha value is -6.26. The van der Waals surface area contributed by atoms with Gasteiger partial charge in [-0.25, -0.2) is 9.97 Å². The van der Waals surface area contributed by atoms with Gasteiger partial charge in [0.05, 0.1) is 22.1 Å². The zero-order valence-electron chi connectivity index (χ0n) is 27.0. The van der Waals surface area contributed by atoms with Gasteiger partial charge >= 0.3 is 0 Å². The number of benzene rings is 7. The highest BCUT2D eigenvalue weighted by molar-refractivity contribution is 6.35. The van der Waals surface area contributed by atoms with Gasteiger partial charge in [0, 0.05) is 32.5 Å². The first-order valence-corrected chi connectivity index (χ1v) is 16.8. The Bertz CT molecular complexity index is 3030. The van der Waals surface area contributed by atoms with Gasteiger partial charge in [0.2, 0.25) is 0 Å². The Morgan fingerprint density at radius 2 is 1.18 bits per heavy atom. The molecule has 1 aliphatic rings. The second-order valence-corrected chi connectivity index (χ2v) is 13.7. The molecule has 0 saturated heterocycles. The van der Waals surface area contributed by atoms with Crippen LogP contribution in [0.15, 0.2) is 144 Å². The van der Waals surface area contributed by atoms with E-state index < -0.39 is 0 Å². The van der Waals surface area contributed by atoms with Gasteiger partial charge in [-0.2, -0.15) is 0 Å². The van der Waals surface area contributed by atoms with Gasteiger partial charge in [0.1, 0.15) is 11.3 Å². The lowest BCUT2D eigenvalue weighted by Crippen LogP contribution is -2.15. The van der Waals surface area contributed by atoms with Crippen LogP contribution in [0.25, 0.3) is 93.8 Å². The van der Waals surface area contributed by atoms with Gasteiger partial charge in [-0.1, -0.05) is 123 Å². The summed E-state index contributed by atoms with van der Waals surface area (Å²) < 4.78 is 9.16. The molecule has 1 aliphatic carbocycles. The van der Waals surface area contributed by atoms with E-state index in [4.69, 9.17) is 14.4 Å². The molecule has 0 atom stereocenters. The van der Waals surface area contributed by atoms with Crippen molar-refractivity contribution >= 4 is 65.6 Å². The van der Waals surface area contributed by atoms with E-state index in [9.17, 15) is 0 Å². The maximum atomic E-state index is 6.85. The second kappa shape index (κ2) is 9.42. The number of nitrogens with zero attached hydrogens (tertiary/aromatic N) is 3. The normalized spacial score (nSPS) is 13.7. The minimum Gasteiger partial charge on any atom is -0.454 e. The van der Waals surface area contributed by atoms with Crippen LogP contribution in [0, 0.1) is 0 Å². The van der Waals surface area contributed by atoms with Crippen LogP contribution in [0.3, 0.4) is 0 Å². The van der Waals surface area contributed by atoms with E-state index in [1.54, 1.807) is 0 Å². The van der Waals surface area contributed by atoms with Crippen molar-refractivity contribution in [2.75, 3.05) is 0 Å². The molecule has 0 fully saturated rings. The maximum absolute atomic E-state index is 6.85. The molecule has 4 nitrogen and oxygen atoms in total. The molecule has 7 aromatic carbocycles. The second-order valence-electron chi connectivity index (χ2n) is 13.7. The molecule has 0 N–H and O–H groups in total. The van der Waals surface area contributed by atoms with Gasteiger partial charge < -0.3 is 4.42 Å². The van der Waals surface area contributed by atoms with Crippen molar-refractivity contribution in [3.8, 4) is 28.2 Å². The summed E-state index contributed by atoms with van der Waals surface area (Å²) in [6.45, 7) is 4.65. The molecule has 230 valence electrons. The van der Waals surface area contributed by atoms with Crippen molar-refractivity contribution in [2.45, 2.75) is 19.3 Å². The van der Waals surface area contributed by atoms with E-state index in [1.807, 2.05) is 18.2 Å². The predicted octanol–water partition coefficient (Wildman–Crippen LogP) is 11.8. The minimum absolute atomic E-state index is 0.140. The SMILES string of the molecule is CC1(C)c2ccccc2-c2ccc(-c3nc4ccccc4nc3-n3c4ccccc4c4c5ccccc5c5c6ccccc6oc5c43)cc21. The molecule has 0 spiro atoms. The third-order valence-electron chi connectivity index (χ3n) is 10.8. The molecule has 0 bridgehead atoms. The van der Waals surface area contributed by atoms with Crippen LogP contribution in [-0.2, 0) is 5.41 Å². The van der Waals surface area contributed by atoms with Crippen LogP contribution in [0.5, 0.6) is 0 Å². The molecule has 0 unspecified atom stereocenters. The fourth-order valence-electron chi connectivity index (χ4n) is 8.54. The zero-order chi connectivity index (χ0) is 32.4. The molecule has 0 aliphatic heterocycles. The van der Waals surface area contributed by atoms with Crippen molar-refractivity contribution < 1.29 is 4.42 Å². The van der Waals surface area contributed by atoms with Crippen LogP contribution in [0.4, 0.5) is 0 Å². The van der Waals surface area contributed by atoms with E-state index >= 15 is 0 Å². The quantitative estimate of drug-likeness (QED) is 0.192. The van der Waals surface area contributed by atoms with Crippen LogP contribution < -0.4 is 0 Å². The van der Waals surface area contributed by atoms with Crippen molar-refractivity contribution in [3.05, 3.63) is 151 Å². The molecular formula is C45H29N3O. The molecule has 0 radical (unpaired) electrons. The van der Waals surface area contributed by atoms with Crippen LogP contribution in [0.2, 0.25) is 0 Å². The highest BCUT2D eigenvalue weighted by Gasteiger charge is 2.36. The molecule has 49 heavy (non-hydrogen) atoms. The van der Waals surface area contributed by atoms with Crippen molar-refractivity contribution in [1.29, 1.82) is 0 Å². The lowest BCUT2D eigenvalue weighted by Gasteiger charge is -2.22. The Morgan fingerprint density at radius 1 is 0.551 bits per heavy atom. The Morgan fingerprint density at radius 3 is 2.02 bits per heavy atom. The van der Waals surface area contributed by atoms with Gasteiger partial charge in [-0.15, -0.1) is 0 Å². The van der Waals surface area contributed by atoms with Crippen LogP contribution in [-0.4, -0.2) is 14.5 Å². The van der Waals surface area contributed by atoms with Crippen LogP contribution in [0.1, 0.15) is 25.0 Å². The Kier molecular flexibility index (Phi) is 5.15. The summed E-state index contributed by atoms with van der Waals surface area (Å²) >= 11 is 0. The first kappa shape index (κ1) is 26.8. The van der Waals surface area contributed by atoms with Gasteiger partial charge in [-0.3, -0.25) is 4.57 Å². The largest absolute Gasteiger partial charge is 0.454 e. The first-order valence-electron chi connectivity index (χ1n) is 16.8. The third-order valence-corrected chi connectivity index (χ3v) is 10.8. The third kappa shape index (κ3) is 3.47. The number of para-hydroxylation sites is 4. The molecule has 10 aromatic rings. The summed E-state index contributed by atoms with van der Waals surface area (Å²) in [4.78, 5) is 10.9. The number of aromatic nitrogens is 3. The smallest absolute Gasteiger partial charge is 0.165 e. The fourth-order valence-corrected chi connectivity index (χ4v) is 8.54. The van der Waals surface area contributed by atoms with Crippen molar-refractivity contribution in [3.63, 3.8) is 0 Å². The standard InChI is InChI=1S/C45H29N3O/c1-45(2)33-18-8-5-13-27(33)28-24-23-26(25-34(28)45)41-44(47-36-20-10-9-19-35(36)46-41)48-37-21-11-6-16-31(37)39-29-14-3-4-15-30(29)40-32-17-7-12-22-38(32)49-43(40)42(39)48/h3-25H,1-2H3. The van der Waals surface area contributed by atoms with Crippen molar-refractivity contribution in [2.24, 2.45) is 0 Å². The highest BCUT2D eigenvalue weighted by Crippen LogP contribution is 2.50. The average Bonchev–Trinajstić information content (AvgIpc) is 3.78. The van der Waals surface area contributed by atoms with E-state index in [2.05, 4.69) is 140 Å². The summed E-state index contributed by atoms with van der Waals surface area (Å²) in [7, 11) is 0. The number of hydrogen-bond donors (Lipinski definition) is 0. The van der Waals surface area contributed by atoms with E-state index in [0.29, 0.717) is 0 Å². The van der Waals surface area contributed by atoms with E-state index in [0.717, 1.165) is 71.9 Å². The summed E-state index contributed by atoms with van der Waals surface area (Å²) in [5, 5.41) is 6.92. The Balaban J connectivity index is 1.32. The summed E-state index contributed by atoms with van der Waals surface area (Å²) in [6, 6.07) is 49.5. The summed E-state index contributed by atoms with van der Waals surface area (Å²) in [5.74, 6) is 0.787. The molecule has 3 heterocycles. The number of rotatable bonds is 2. The van der Waals surface area contributed by atoms with Gasteiger partial charge in [0.25, 0.3) is 0 Å². The molecule has 0 saturated carbocycles. The van der Waals surface area contributed by atoms with E-state index in [-0.39, 0.29) is 5.41 Å². The molecule has 4 heteroatoms. The Labute approximate surface area is 281 Å².